The van der Waals surface area contributed by atoms with E-state index < -0.39 is 0 Å². The molecule has 0 aromatic heterocycles. The summed E-state index contributed by atoms with van der Waals surface area (Å²) >= 11 is 0. The minimum Gasteiger partial charge on any atom is -0.0776 e. The van der Waals surface area contributed by atoms with Gasteiger partial charge in [0.15, 0.2) is 0 Å². The predicted octanol–water partition coefficient (Wildman–Crippen LogP) is 3.32. The molecule has 0 atom stereocenters. The van der Waals surface area contributed by atoms with Gasteiger partial charge in [0, 0.05) is 0 Å². The maximum absolute atomic E-state index is 2.12. The second-order valence-electron chi connectivity index (χ2n) is 4.69. The molecule has 0 aliphatic rings. The molecule has 22 heavy (non-hydrogen) atoms. The number of fused-ring (bicyclic) bond motifs is 2. The Bertz CT molecular complexity index is 619. The zero-order valence-corrected chi connectivity index (χ0v) is 14.2. The van der Waals surface area contributed by atoms with Crippen molar-refractivity contribution < 1.29 is 29.6 Å². The first-order valence-corrected chi connectivity index (χ1v) is 6.81. The summed E-state index contributed by atoms with van der Waals surface area (Å²) in [5.74, 6) is 0. The largest absolute Gasteiger partial charge is 1.00 e. The molecule has 0 heterocycles. The Labute approximate surface area is 155 Å². The zero-order valence-electron chi connectivity index (χ0n) is 12.2. The normalized spacial score (nSPS) is 9.09. The van der Waals surface area contributed by atoms with Gasteiger partial charge in [-0.25, -0.2) is 0 Å². The summed E-state index contributed by atoms with van der Waals surface area (Å²) in [5, 5.41) is 5.24. The van der Waals surface area contributed by atoms with Gasteiger partial charge in [0.1, 0.15) is 0 Å². The van der Waals surface area contributed by atoms with E-state index in [-0.39, 0.29) is 37.0 Å². The minimum absolute atomic E-state index is 0. The van der Waals surface area contributed by atoms with Crippen LogP contribution in [0.25, 0.3) is 21.5 Å². The van der Waals surface area contributed by atoms with Crippen molar-refractivity contribution in [1.29, 1.82) is 0 Å². The van der Waals surface area contributed by atoms with Gasteiger partial charge >= 0.3 is 29.6 Å². The van der Waals surface area contributed by atoms with Gasteiger partial charge < -0.3 is 0 Å². The topological polar surface area (TPSA) is 0 Å². The standard InChI is InChI=1S/2C10H8.CH4.Na/c2*1-2-6-10-8-4-3-7-9(10)5-1;;/h2*1-8H;1H4;/q;;;+1. The van der Waals surface area contributed by atoms with E-state index >= 15 is 0 Å². The molecule has 4 rings (SSSR count). The van der Waals surface area contributed by atoms with Crippen LogP contribution in [0.1, 0.15) is 7.43 Å². The number of benzene rings is 4. The molecule has 0 spiro atoms. The summed E-state index contributed by atoms with van der Waals surface area (Å²) in [4.78, 5) is 0. The van der Waals surface area contributed by atoms with E-state index in [1.54, 1.807) is 0 Å². The van der Waals surface area contributed by atoms with Crippen molar-refractivity contribution >= 4 is 21.5 Å². The summed E-state index contributed by atoms with van der Waals surface area (Å²) < 4.78 is 0. The summed E-state index contributed by atoms with van der Waals surface area (Å²) in [7, 11) is 0. The Kier molecular flexibility index (Phi) is 7.90. The smallest absolute Gasteiger partial charge is 0.0776 e. The fraction of sp³-hybridized carbons (Fsp3) is 0.0476. The monoisotopic (exact) mass is 295 g/mol. The van der Waals surface area contributed by atoms with Crippen LogP contribution < -0.4 is 29.6 Å². The fourth-order valence-electron chi connectivity index (χ4n) is 2.27. The van der Waals surface area contributed by atoms with Crippen molar-refractivity contribution in [2.45, 2.75) is 7.43 Å². The van der Waals surface area contributed by atoms with Gasteiger partial charge in [-0.2, -0.15) is 0 Å². The van der Waals surface area contributed by atoms with Crippen molar-refractivity contribution in [1.82, 2.24) is 0 Å². The molecule has 0 aliphatic heterocycles. The van der Waals surface area contributed by atoms with Crippen LogP contribution in [0.5, 0.6) is 0 Å². The van der Waals surface area contributed by atoms with E-state index in [1.165, 1.54) is 21.5 Å². The van der Waals surface area contributed by atoms with Crippen molar-refractivity contribution in [3.8, 4) is 0 Å². The first kappa shape index (κ1) is 18.4. The van der Waals surface area contributed by atoms with Crippen LogP contribution in [0.3, 0.4) is 0 Å². The molecule has 0 radical (unpaired) electrons. The molecule has 0 fully saturated rings. The van der Waals surface area contributed by atoms with E-state index in [4.69, 9.17) is 0 Å². The Hall–Kier alpha value is -1.60. The summed E-state index contributed by atoms with van der Waals surface area (Å²) in [6.45, 7) is 0. The van der Waals surface area contributed by atoms with E-state index in [0.29, 0.717) is 0 Å². The second-order valence-corrected chi connectivity index (χ2v) is 4.69. The SMILES string of the molecule is C.[Na+].c1ccc2ccccc2c1.c1ccc2ccccc2c1. The van der Waals surface area contributed by atoms with E-state index in [2.05, 4.69) is 97.1 Å². The molecular formula is C21H20Na+. The molecule has 1 heteroatoms. The summed E-state index contributed by atoms with van der Waals surface area (Å²) in [5.41, 5.74) is 0. The molecule has 0 unspecified atom stereocenters. The molecule has 0 amide bonds. The molecule has 0 aliphatic carbocycles. The second kappa shape index (κ2) is 9.42. The molecule has 0 saturated carbocycles. The Balaban J connectivity index is 0.000000202. The third kappa shape index (κ3) is 4.71. The van der Waals surface area contributed by atoms with E-state index in [0.717, 1.165) is 0 Å². The molecule has 0 N–H and O–H groups in total. The van der Waals surface area contributed by atoms with Crippen LogP contribution in [0.2, 0.25) is 0 Å². The van der Waals surface area contributed by atoms with E-state index in [9.17, 15) is 0 Å². The first-order chi connectivity index (χ1) is 9.93. The Morgan fingerprint density at radius 3 is 0.591 bits per heavy atom. The Morgan fingerprint density at radius 1 is 0.318 bits per heavy atom. The van der Waals surface area contributed by atoms with Gasteiger partial charge in [-0.05, 0) is 21.5 Å². The van der Waals surface area contributed by atoms with Crippen molar-refractivity contribution in [3.63, 3.8) is 0 Å². The first-order valence-electron chi connectivity index (χ1n) is 6.81. The van der Waals surface area contributed by atoms with Crippen LogP contribution in [0, 0.1) is 0 Å². The molecule has 0 nitrogen and oxygen atoms in total. The maximum atomic E-state index is 2.12. The molecule has 0 bridgehead atoms. The quantitative estimate of drug-likeness (QED) is 0.437. The third-order valence-corrected chi connectivity index (χ3v) is 3.32. The van der Waals surface area contributed by atoms with Crippen molar-refractivity contribution in [3.05, 3.63) is 97.1 Å². The van der Waals surface area contributed by atoms with Gasteiger partial charge in [-0.3, -0.25) is 0 Å². The molecule has 0 saturated heterocycles. The predicted molar refractivity (Wildman–Crippen MR) is 94.6 cm³/mol. The summed E-state index contributed by atoms with van der Waals surface area (Å²) in [6, 6.07) is 33.4. The zero-order chi connectivity index (χ0) is 13.6. The Morgan fingerprint density at radius 2 is 0.455 bits per heavy atom. The maximum Gasteiger partial charge on any atom is 1.00 e. The average molecular weight is 295 g/mol. The van der Waals surface area contributed by atoms with Crippen LogP contribution in [0.15, 0.2) is 97.1 Å². The van der Waals surface area contributed by atoms with Gasteiger partial charge in [0.2, 0.25) is 0 Å². The van der Waals surface area contributed by atoms with Gasteiger partial charge in [-0.1, -0.05) is 104 Å². The average Bonchev–Trinajstić information content (AvgIpc) is 2.56. The van der Waals surface area contributed by atoms with E-state index in [1.807, 2.05) is 0 Å². The molecular weight excluding hydrogens is 275 g/mol. The van der Waals surface area contributed by atoms with Gasteiger partial charge in [-0.15, -0.1) is 0 Å². The molecule has 4 aromatic rings. The molecule has 104 valence electrons. The number of hydrogen-bond donors (Lipinski definition) is 0. The van der Waals surface area contributed by atoms with Gasteiger partial charge in [0.05, 0.1) is 0 Å². The minimum atomic E-state index is 0. The van der Waals surface area contributed by atoms with Crippen molar-refractivity contribution in [2.24, 2.45) is 0 Å². The fourth-order valence-corrected chi connectivity index (χ4v) is 2.27. The molecule has 4 aromatic carbocycles. The number of rotatable bonds is 0. The van der Waals surface area contributed by atoms with Gasteiger partial charge in [0.25, 0.3) is 0 Å². The van der Waals surface area contributed by atoms with Crippen LogP contribution in [-0.4, -0.2) is 0 Å². The summed E-state index contributed by atoms with van der Waals surface area (Å²) in [6.07, 6.45) is 0. The van der Waals surface area contributed by atoms with Crippen molar-refractivity contribution in [2.75, 3.05) is 0 Å². The van der Waals surface area contributed by atoms with Crippen LogP contribution >= 0.6 is 0 Å². The van der Waals surface area contributed by atoms with Crippen LogP contribution in [0.4, 0.5) is 0 Å². The van der Waals surface area contributed by atoms with Crippen LogP contribution in [-0.2, 0) is 0 Å². The third-order valence-electron chi connectivity index (χ3n) is 3.32. The number of hydrogen-bond acceptors (Lipinski definition) is 0.